The zero-order chi connectivity index (χ0) is 12.3. The fourth-order valence-electron chi connectivity index (χ4n) is 1.96. The van der Waals surface area contributed by atoms with Crippen LogP contribution in [0.4, 0.5) is 0 Å². The van der Waals surface area contributed by atoms with Gasteiger partial charge in [-0.2, -0.15) is 0 Å². The molecule has 0 radical (unpaired) electrons. The molecule has 0 aliphatic carbocycles. The summed E-state index contributed by atoms with van der Waals surface area (Å²) < 4.78 is 5.52. The van der Waals surface area contributed by atoms with Gasteiger partial charge in [0.25, 0.3) is 0 Å². The van der Waals surface area contributed by atoms with Gasteiger partial charge in [-0.05, 0) is 18.9 Å². The van der Waals surface area contributed by atoms with Crippen LogP contribution in [0.3, 0.4) is 0 Å². The fourth-order valence-corrected chi connectivity index (χ4v) is 1.96. The lowest BCUT2D eigenvalue weighted by Gasteiger charge is -2.15. The van der Waals surface area contributed by atoms with Crippen molar-refractivity contribution in [2.24, 2.45) is 5.84 Å². The molecule has 0 bridgehead atoms. The first kappa shape index (κ1) is 11.9. The molecular weight excluding hydrogens is 212 g/mol. The van der Waals surface area contributed by atoms with E-state index >= 15 is 0 Å². The predicted octanol–water partition coefficient (Wildman–Crippen LogP) is 3.29. The molecule has 0 amide bonds. The topological polar surface area (TPSA) is 51.2 Å². The van der Waals surface area contributed by atoms with Crippen LogP contribution in [-0.2, 0) is 0 Å². The Labute approximate surface area is 101 Å². The highest BCUT2D eigenvalue weighted by Crippen LogP contribution is 2.29. The Bertz CT molecular complexity index is 516. The number of rotatable bonds is 5. The zero-order valence-corrected chi connectivity index (χ0v) is 10.1. The van der Waals surface area contributed by atoms with Gasteiger partial charge < -0.3 is 4.42 Å². The Kier molecular flexibility index (Phi) is 3.61. The average Bonchev–Trinajstić information content (AvgIpc) is 2.79. The van der Waals surface area contributed by atoms with Crippen LogP contribution in [0, 0.1) is 0 Å². The van der Waals surface area contributed by atoms with Crippen LogP contribution in [0.2, 0.25) is 0 Å². The molecule has 2 rings (SSSR count). The molecular formula is C14H18N2O. The normalized spacial score (nSPS) is 12.8. The monoisotopic (exact) mass is 230 g/mol. The van der Waals surface area contributed by atoms with Gasteiger partial charge in [-0.3, -0.25) is 11.3 Å². The maximum absolute atomic E-state index is 5.63. The average molecular weight is 230 g/mol. The maximum Gasteiger partial charge on any atom is 0.134 e. The number of benzene rings is 1. The predicted molar refractivity (Wildman–Crippen MR) is 70.3 cm³/mol. The molecule has 90 valence electrons. The third-order valence-corrected chi connectivity index (χ3v) is 3.08. The first-order valence-corrected chi connectivity index (χ1v) is 5.85. The fraction of sp³-hybridized carbons (Fsp3) is 0.286. The molecule has 3 nitrogen and oxygen atoms in total. The van der Waals surface area contributed by atoms with E-state index in [-0.39, 0.29) is 6.04 Å². The third-order valence-electron chi connectivity index (χ3n) is 3.08. The van der Waals surface area contributed by atoms with Crippen molar-refractivity contribution in [1.82, 2.24) is 5.43 Å². The Hall–Kier alpha value is -1.58. The molecule has 0 aliphatic heterocycles. The van der Waals surface area contributed by atoms with Crippen molar-refractivity contribution < 1.29 is 4.42 Å². The zero-order valence-electron chi connectivity index (χ0n) is 10.1. The van der Waals surface area contributed by atoms with Gasteiger partial charge in [-0.15, -0.1) is 0 Å². The molecule has 1 heterocycles. The molecule has 0 saturated carbocycles. The van der Waals surface area contributed by atoms with E-state index in [1.165, 1.54) is 5.57 Å². The number of nitrogens with one attached hydrogen (secondary N) is 1. The molecule has 1 aromatic carbocycles. The van der Waals surface area contributed by atoms with Crippen molar-refractivity contribution in [2.75, 3.05) is 0 Å². The lowest BCUT2D eigenvalue weighted by atomic mass is 9.98. The van der Waals surface area contributed by atoms with Crippen LogP contribution < -0.4 is 11.3 Å². The first-order valence-electron chi connectivity index (χ1n) is 5.85. The summed E-state index contributed by atoms with van der Waals surface area (Å²) in [6.07, 6.45) is 3.57. The minimum atomic E-state index is 0.0612. The Morgan fingerprint density at radius 3 is 2.94 bits per heavy atom. The molecule has 2 aromatic rings. The highest BCUT2D eigenvalue weighted by Gasteiger charge is 2.16. The van der Waals surface area contributed by atoms with Crippen LogP contribution in [0.1, 0.15) is 31.4 Å². The number of hydrogen-bond donors (Lipinski definition) is 2. The van der Waals surface area contributed by atoms with Crippen LogP contribution in [-0.4, -0.2) is 0 Å². The second-order valence-corrected chi connectivity index (χ2v) is 4.21. The van der Waals surface area contributed by atoms with Crippen LogP contribution in [0.25, 0.3) is 11.0 Å². The van der Waals surface area contributed by atoms with Crippen LogP contribution in [0.5, 0.6) is 0 Å². The molecule has 1 aromatic heterocycles. The van der Waals surface area contributed by atoms with Crippen molar-refractivity contribution in [1.29, 1.82) is 0 Å². The molecule has 0 spiro atoms. The SMILES string of the molecule is C=C(CC)CC(NN)c1coc2ccccc12. The third kappa shape index (κ3) is 2.40. The Morgan fingerprint density at radius 1 is 1.47 bits per heavy atom. The summed E-state index contributed by atoms with van der Waals surface area (Å²) in [6, 6.07) is 8.04. The highest BCUT2D eigenvalue weighted by molar-refractivity contribution is 5.81. The number of hydrazine groups is 1. The van der Waals surface area contributed by atoms with E-state index < -0.39 is 0 Å². The Morgan fingerprint density at radius 2 is 2.24 bits per heavy atom. The summed E-state index contributed by atoms with van der Waals surface area (Å²) in [7, 11) is 0. The summed E-state index contributed by atoms with van der Waals surface area (Å²) in [6.45, 7) is 6.13. The van der Waals surface area contributed by atoms with E-state index in [9.17, 15) is 0 Å². The number of hydrogen-bond acceptors (Lipinski definition) is 3. The van der Waals surface area contributed by atoms with Crippen molar-refractivity contribution >= 4 is 11.0 Å². The lowest BCUT2D eigenvalue weighted by molar-refractivity contribution is 0.531. The largest absolute Gasteiger partial charge is 0.464 e. The van der Waals surface area contributed by atoms with Gasteiger partial charge >= 0.3 is 0 Å². The summed E-state index contributed by atoms with van der Waals surface area (Å²) in [5.41, 5.74) is 6.01. The van der Waals surface area contributed by atoms with Gasteiger partial charge in [0.1, 0.15) is 5.58 Å². The van der Waals surface area contributed by atoms with Crippen LogP contribution in [0.15, 0.2) is 47.1 Å². The smallest absolute Gasteiger partial charge is 0.134 e. The van der Waals surface area contributed by atoms with Crippen molar-refractivity contribution in [3.63, 3.8) is 0 Å². The van der Waals surface area contributed by atoms with Crippen molar-refractivity contribution in [2.45, 2.75) is 25.8 Å². The summed E-state index contributed by atoms with van der Waals surface area (Å²) >= 11 is 0. The van der Waals surface area contributed by atoms with Crippen LogP contribution >= 0.6 is 0 Å². The second kappa shape index (κ2) is 5.17. The number of furan rings is 1. The molecule has 0 aliphatic rings. The number of para-hydroxylation sites is 1. The highest BCUT2D eigenvalue weighted by atomic mass is 16.3. The van der Waals surface area contributed by atoms with Gasteiger partial charge in [0.05, 0.1) is 12.3 Å². The van der Waals surface area contributed by atoms with Gasteiger partial charge in [-0.25, -0.2) is 0 Å². The molecule has 3 heteroatoms. The second-order valence-electron chi connectivity index (χ2n) is 4.21. The summed E-state index contributed by atoms with van der Waals surface area (Å²) in [5, 5.41) is 1.11. The summed E-state index contributed by atoms with van der Waals surface area (Å²) in [5.74, 6) is 5.63. The van der Waals surface area contributed by atoms with E-state index in [0.717, 1.165) is 29.4 Å². The number of nitrogens with two attached hydrogens (primary N) is 1. The molecule has 1 atom stereocenters. The number of fused-ring (bicyclic) bond motifs is 1. The molecule has 0 fully saturated rings. The van der Waals surface area contributed by atoms with Gasteiger partial charge in [0, 0.05) is 10.9 Å². The maximum atomic E-state index is 5.63. The lowest BCUT2D eigenvalue weighted by Crippen LogP contribution is -2.28. The van der Waals surface area contributed by atoms with E-state index in [1.54, 1.807) is 6.26 Å². The molecule has 3 N–H and O–H groups in total. The van der Waals surface area contributed by atoms with E-state index in [0.29, 0.717) is 0 Å². The minimum Gasteiger partial charge on any atom is -0.464 e. The molecule has 0 saturated heterocycles. The van der Waals surface area contributed by atoms with Crippen molar-refractivity contribution in [3.8, 4) is 0 Å². The standard InChI is InChI=1S/C14H18N2O/c1-3-10(2)8-13(16-15)12-9-17-14-7-5-4-6-11(12)14/h4-7,9,13,16H,2-3,8,15H2,1H3. The van der Waals surface area contributed by atoms with E-state index in [1.807, 2.05) is 24.3 Å². The first-order chi connectivity index (χ1) is 8.26. The minimum absolute atomic E-state index is 0.0612. The van der Waals surface area contributed by atoms with E-state index in [2.05, 4.69) is 18.9 Å². The van der Waals surface area contributed by atoms with Gasteiger partial charge in [0.15, 0.2) is 0 Å². The van der Waals surface area contributed by atoms with Gasteiger partial charge in [0.2, 0.25) is 0 Å². The Balaban J connectivity index is 2.33. The van der Waals surface area contributed by atoms with E-state index in [4.69, 9.17) is 10.3 Å². The summed E-state index contributed by atoms with van der Waals surface area (Å²) in [4.78, 5) is 0. The van der Waals surface area contributed by atoms with Gasteiger partial charge in [-0.1, -0.05) is 37.3 Å². The van der Waals surface area contributed by atoms with Crippen molar-refractivity contribution in [3.05, 3.63) is 48.2 Å². The molecule has 1 unspecified atom stereocenters. The molecule has 17 heavy (non-hydrogen) atoms. The quantitative estimate of drug-likeness (QED) is 0.471.